The van der Waals surface area contributed by atoms with E-state index in [2.05, 4.69) is 10.6 Å². The smallest absolute Gasteiger partial charge is 0.267 e. The fourth-order valence-electron chi connectivity index (χ4n) is 1.95. The topological polar surface area (TPSA) is 64.9 Å². The molecule has 0 aliphatic carbocycles. The van der Waals surface area contributed by atoms with E-state index in [0.29, 0.717) is 10.7 Å². The van der Waals surface area contributed by atoms with Crippen LogP contribution in [0.25, 0.3) is 0 Å². The number of amides is 1. The number of halogens is 1. The number of nitriles is 1. The molecule has 2 aromatic carbocycles. The van der Waals surface area contributed by atoms with Gasteiger partial charge in [0.05, 0.1) is 10.7 Å². The Hall–Kier alpha value is -2.77. The number of rotatable bonds is 5. The highest BCUT2D eigenvalue weighted by Crippen LogP contribution is 2.21. The Bertz CT molecular complexity index is 750. The molecule has 0 aliphatic heterocycles. The first-order valence-electron chi connectivity index (χ1n) is 7.09. The molecule has 0 aliphatic rings. The molecule has 1 amide bonds. The van der Waals surface area contributed by atoms with Crippen molar-refractivity contribution < 1.29 is 4.79 Å². The van der Waals surface area contributed by atoms with Gasteiger partial charge in [-0.1, -0.05) is 54.1 Å². The first-order chi connectivity index (χ1) is 11.1. The van der Waals surface area contributed by atoms with Gasteiger partial charge in [-0.15, -0.1) is 0 Å². The van der Waals surface area contributed by atoms with E-state index in [0.717, 1.165) is 5.56 Å². The first-order valence-corrected chi connectivity index (χ1v) is 7.46. The van der Waals surface area contributed by atoms with Crippen LogP contribution in [0.3, 0.4) is 0 Å². The lowest BCUT2D eigenvalue weighted by atomic mass is 10.1. The molecule has 2 N–H and O–H groups in total. The summed E-state index contributed by atoms with van der Waals surface area (Å²) >= 11 is 5.99. The van der Waals surface area contributed by atoms with Gasteiger partial charge < -0.3 is 10.6 Å². The molecule has 23 heavy (non-hydrogen) atoms. The zero-order chi connectivity index (χ0) is 16.7. The molecule has 1 atom stereocenters. The summed E-state index contributed by atoms with van der Waals surface area (Å²) in [6.45, 7) is 1.95. The molecule has 0 aromatic heterocycles. The van der Waals surface area contributed by atoms with Gasteiger partial charge in [0.1, 0.15) is 11.6 Å². The molecule has 2 aromatic rings. The van der Waals surface area contributed by atoms with Crippen molar-refractivity contribution in [3.8, 4) is 6.07 Å². The molecule has 0 fully saturated rings. The normalized spacial score (nSPS) is 12.1. The van der Waals surface area contributed by atoms with E-state index in [1.807, 2.05) is 43.3 Å². The molecule has 0 bridgehead atoms. The van der Waals surface area contributed by atoms with E-state index >= 15 is 0 Å². The fourth-order valence-corrected chi connectivity index (χ4v) is 2.13. The monoisotopic (exact) mass is 325 g/mol. The SMILES string of the molecule is CC(N/C=C(/C#N)C(=O)Nc1ccccc1Cl)c1ccccc1. The first kappa shape index (κ1) is 16.6. The Morgan fingerprint density at radius 2 is 1.83 bits per heavy atom. The van der Waals surface area contributed by atoms with E-state index < -0.39 is 5.91 Å². The average Bonchev–Trinajstić information content (AvgIpc) is 2.58. The van der Waals surface area contributed by atoms with Gasteiger partial charge >= 0.3 is 0 Å². The average molecular weight is 326 g/mol. The molecule has 0 heterocycles. The molecule has 0 saturated carbocycles. The second-order valence-corrected chi connectivity index (χ2v) is 5.31. The van der Waals surface area contributed by atoms with Crippen molar-refractivity contribution in [2.45, 2.75) is 13.0 Å². The van der Waals surface area contributed by atoms with Gasteiger partial charge in [0.15, 0.2) is 0 Å². The third-order valence-electron chi connectivity index (χ3n) is 3.26. The van der Waals surface area contributed by atoms with Crippen LogP contribution in [-0.2, 0) is 4.79 Å². The molecule has 2 rings (SSSR count). The van der Waals surface area contributed by atoms with Crippen LogP contribution in [-0.4, -0.2) is 5.91 Å². The molecular formula is C18H16ClN3O. The van der Waals surface area contributed by atoms with Crippen LogP contribution in [0, 0.1) is 11.3 Å². The van der Waals surface area contributed by atoms with Gasteiger partial charge in [-0.3, -0.25) is 4.79 Å². The Labute approximate surface area is 140 Å². The highest BCUT2D eigenvalue weighted by Gasteiger charge is 2.11. The largest absolute Gasteiger partial charge is 0.383 e. The zero-order valence-electron chi connectivity index (χ0n) is 12.6. The van der Waals surface area contributed by atoms with Crippen LogP contribution in [0.15, 0.2) is 66.4 Å². The number of carbonyl (C=O) groups excluding carboxylic acids is 1. The van der Waals surface area contributed by atoms with Crippen molar-refractivity contribution in [3.63, 3.8) is 0 Å². The Kier molecular flexibility index (Phi) is 5.79. The summed E-state index contributed by atoms with van der Waals surface area (Å²) < 4.78 is 0. The molecule has 116 valence electrons. The predicted molar refractivity (Wildman–Crippen MR) is 91.8 cm³/mol. The molecular weight excluding hydrogens is 310 g/mol. The highest BCUT2D eigenvalue weighted by atomic mass is 35.5. The summed E-state index contributed by atoms with van der Waals surface area (Å²) in [5, 5.41) is 15.3. The maximum absolute atomic E-state index is 12.1. The van der Waals surface area contributed by atoms with Crippen molar-refractivity contribution in [2.24, 2.45) is 0 Å². The van der Waals surface area contributed by atoms with E-state index in [-0.39, 0.29) is 11.6 Å². The minimum absolute atomic E-state index is 0.0206. The molecule has 5 heteroatoms. The lowest BCUT2D eigenvalue weighted by Crippen LogP contribution is -2.18. The van der Waals surface area contributed by atoms with Gasteiger partial charge in [-0.25, -0.2) is 0 Å². The lowest BCUT2D eigenvalue weighted by molar-refractivity contribution is -0.112. The number of nitrogens with zero attached hydrogens (tertiary/aromatic N) is 1. The van der Waals surface area contributed by atoms with E-state index in [1.54, 1.807) is 24.3 Å². The Morgan fingerprint density at radius 1 is 1.17 bits per heavy atom. The molecule has 0 radical (unpaired) electrons. The van der Waals surface area contributed by atoms with Gasteiger partial charge in [-0.2, -0.15) is 5.26 Å². The maximum Gasteiger partial charge on any atom is 0.267 e. The van der Waals surface area contributed by atoms with E-state index in [9.17, 15) is 10.1 Å². The summed E-state index contributed by atoms with van der Waals surface area (Å²) in [6, 6.07) is 18.5. The lowest BCUT2D eigenvalue weighted by Gasteiger charge is -2.12. The van der Waals surface area contributed by atoms with Crippen molar-refractivity contribution in [1.82, 2.24) is 5.32 Å². The van der Waals surface area contributed by atoms with Crippen molar-refractivity contribution in [1.29, 1.82) is 5.26 Å². The number of hydrogen-bond donors (Lipinski definition) is 2. The second kappa shape index (κ2) is 8.02. The van der Waals surface area contributed by atoms with E-state index in [4.69, 9.17) is 11.6 Å². The Morgan fingerprint density at radius 3 is 2.48 bits per heavy atom. The fraction of sp³-hybridized carbons (Fsp3) is 0.111. The Balaban J connectivity index is 2.05. The van der Waals surface area contributed by atoms with Crippen LogP contribution in [0.5, 0.6) is 0 Å². The van der Waals surface area contributed by atoms with E-state index in [1.165, 1.54) is 6.20 Å². The summed E-state index contributed by atoms with van der Waals surface area (Å²) in [5.41, 5.74) is 1.51. The van der Waals surface area contributed by atoms with Crippen LogP contribution in [0.2, 0.25) is 5.02 Å². The summed E-state index contributed by atoms with van der Waals surface area (Å²) in [5.74, 6) is -0.506. The van der Waals surface area contributed by atoms with Gasteiger partial charge in [0.25, 0.3) is 5.91 Å². The number of hydrogen-bond acceptors (Lipinski definition) is 3. The number of nitrogens with one attached hydrogen (secondary N) is 2. The quantitative estimate of drug-likeness (QED) is 0.644. The minimum atomic E-state index is -0.506. The predicted octanol–water partition coefficient (Wildman–Crippen LogP) is 4.04. The third kappa shape index (κ3) is 4.60. The summed E-state index contributed by atoms with van der Waals surface area (Å²) in [6.07, 6.45) is 1.42. The van der Waals surface area contributed by atoms with Crippen molar-refractivity contribution in [2.75, 3.05) is 5.32 Å². The molecule has 0 spiro atoms. The van der Waals surface area contributed by atoms with Gasteiger partial charge in [0.2, 0.25) is 0 Å². The highest BCUT2D eigenvalue weighted by molar-refractivity contribution is 6.33. The van der Waals surface area contributed by atoms with Crippen LogP contribution >= 0.6 is 11.6 Å². The van der Waals surface area contributed by atoms with Crippen molar-refractivity contribution in [3.05, 3.63) is 77.0 Å². The minimum Gasteiger partial charge on any atom is -0.383 e. The van der Waals surface area contributed by atoms with Crippen LogP contribution < -0.4 is 10.6 Å². The zero-order valence-corrected chi connectivity index (χ0v) is 13.3. The maximum atomic E-state index is 12.1. The molecule has 0 saturated heterocycles. The number of para-hydroxylation sites is 1. The summed E-state index contributed by atoms with van der Waals surface area (Å²) in [7, 11) is 0. The van der Waals surface area contributed by atoms with Crippen molar-refractivity contribution >= 4 is 23.2 Å². The standard InChI is InChI=1S/C18H16ClN3O/c1-13(14-7-3-2-4-8-14)21-12-15(11-20)18(23)22-17-10-6-5-9-16(17)19/h2-10,12-13,21H,1H3,(H,22,23)/b15-12-. The number of benzene rings is 2. The van der Waals surface area contributed by atoms with Gasteiger partial charge in [0, 0.05) is 12.2 Å². The number of anilines is 1. The number of carbonyl (C=O) groups is 1. The van der Waals surface area contributed by atoms with Crippen LogP contribution in [0.4, 0.5) is 5.69 Å². The van der Waals surface area contributed by atoms with Gasteiger partial charge in [-0.05, 0) is 24.6 Å². The summed E-state index contributed by atoms with van der Waals surface area (Å²) in [4.78, 5) is 12.1. The molecule has 4 nitrogen and oxygen atoms in total. The third-order valence-corrected chi connectivity index (χ3v) is 3.59. The van der Waals surface area contributed by atoms with Crippen LogP contribution in [0.1, 0.15) is 18.5 Å². The molecule has 1 unspecified atom stereocenters. The second-order valence-electron chi connectivity index (χ2n) is 4.90.